The van der Waals surface area contributed by atoms with Crippen molar-refractivity contribution in [2.75, 3.05) is 6.54 Å². The predicted molar refractivity (Wildman–Crippen MR) is 129 cm³/mol. The molecule has 2 bridgehead atoms. The molecule has 176 valence electrons. The lowest BCUT2D eigenvalue weighted by molar-refractivity contribution is -0.151. The summed E-state index contributed by atoms with van der Waals surface area (Å²) in [5.74, 6) is 1.55. The molecule has 0 aliphatic heterocycles. The van der Waals surface area contributed by atoms with Gasteiger partial charge in [0.25, 0.3) is 5.91 Å². The second kappa shape index (κ2) is 8.93. The first-order valence-corrected chi connectivity index (χ1v) is 11.8. The van der Waals surface area contributed by atoms with Crippen LogP contribution < -0.4 is 11.1 Å². The number of amidine groups is 1. The highest BCUT2D eigenvalue weighted by Crippen LogP contribution is 2.45. The molecule has 34 heavy (non-hydrogen) atoms. The number of hydrogen-bond acceptors (Lipinski definition) is 5. The molecule has 2 fully saturated rings. The Labute approximate surface area is 198 Å². The first kappa shape index (κ1) is 22.1. The van der Waals surface area contributed by atoms with E-state index < -0.39 is 0 Å². The quantitative estimate of drug-likeness (QED) is 0.284. The van der Waals surface area contributed by atoms with Crippen LogP contribution in [0.4, 0.5) is 0 Å². The Kier molecular flexibility index (Phi) is 5.81. The number of nitrogens with zero attached hydrogens (tertiary/aromatic N) is 2. The summed E-state index contributed by atoms with van der Waals surface area (Å²) in [6, 6.07) is 12.7. The molecule has 1 amide bonds. The maximum absolute atomic E-state index is 12.7. The highest BCUT2D eigenvalue weighted by molar-refractivity contribution is 5.98. The van der Waals surface area contributed by atoms with Crippen molar-refractivity contribution >= 4 is 28.7 Å². The zero-order valence-electron chi connectivity index (χ0n) is 19.2. The minimum absolute atomic E-state index is 0.0195. The summed E-state index contributed by atoms with van der Waals surface area (Å²) in [6.45, 7) is 0.243. The Balaban J connectivity index is 1.21. The van der Waals surface area contributed by atoms with Crippen LogP contribution in [0.15, 0.2) is 42.5 Å². The van der Waals surface area contributed by atoms with Crippen molar-refractivity contribution in [2.45, 2.75) is 38.2 Å². The number of ether oxygens (including phenoxy) is 1. The molecule has 4 N–H and O–H groups in total. The fourth-order valence-corrected chi connectivity index (χ4v) is 5.34. The van der Waals surface area contributed by atoms with Crippen LogP contribution in [-0.2, 0) is 16.6 Å². The SMILES string of the molecule is Cn1c(-c2ccc(C(=N)N)cc2)nc2cc(C(=O)NCCC(=O)OC3CC4CCC3C4)ccc21. The van der Waals surface area contributed by atoms with E-state index in [1.165, 1.54) is 19.3 Å². The van der Waals surface area contributed by atoms with Crippen LogP contribution in [0, 0.1) is 17.2 Å². The molecule has 3 unspecified atom stereocenters. The summed E-state index contributed by atoms with van der Waals surface area (Å²) in [6.07, 6.45) is 4.86. The van der Waals surface area contributed by atoms with Gasteiger partial charge < -0.3 is 20.4 Å². The molecule has 2 aliphatic carbocycles. The van der Waals surface area contributed by atoms with Crippen LogP contribution in [0.3, 0.4) is 0 Å². The van der Waals surface area contributed by atoms with E-state index in [9.17, 15) is 9.59 Å². The standard InChI is InChI=1S/C26H29N5O3/c1-31-21-9-8-19(14-20(21)30-25(31)17-6-4-16(5-7-17)24(27)28)26(33)29-11-10-23(32)34-22-13-15-2-3-18(22)12-15/h4-9,14-15,18,22H,2-3,10-13H2,1H3,(H3,27,28)(H,29,33). The second-order valence-corrected chi connectivity index (χ2v) is 9.40. The van der Waals surface area contributed by atoms with Gasteiger partial charge in [0.2, 0.25) is 0 Å². The largest absolute Gasteiger partial charge is 0.462 e. The summed E-state index contributed by atoms with van der Waals surface area (Å²) in [5, 5.41) is 10.4. The minimum atomic E-state index is -0.243. The normalized spacial score (nSPS) is 21.0. The van der Waals surface area contributed by atoms with Crippen molar-refractivity contribution in [1.82, 2.24) is 14.9 Å². The molecular formula is C26H29N5O3. The number of aryl methyl sites for hydroxylation is 1. The average Bonchev–Trinajstić information content (AvgIpc) is 3.53. The highest BCUT2D eigenvalue weighted by Gasteiger charge is 2.41. The number of rotatable bonds is 7. The summed E-state index contributed by atoms with van der Waals surface area (Å²) in [5.41, 5.74) is 9.18. The first-order valence-electron chi connectivity index (χ1n) is 11.8. The van der Waals surface area contributed by atoms with E-state index in [0.29, 0.717) is 22.6 Å². The van der Waals surface area contributed by atoms with E-state index in [1.807, 2.05) is 29.8 Å². The molecule has 8 nitrogen and oxygen atoms in total. The lowest BCUT2D eigenvalue weighted by Crippen LogP contribution is -2.29. The van der Waals surface area contributed by atoms with Crippen molar-refractivity contribution in [2.24, 2.45) is 24.6 Å². The smallest absolute Gasteiger partial charge is 0.307 e. The molecule has 0 radical (unpaired) electrons. The Morgan fingerprint density at radius 1 is 1.15 bits per heavy atom. The molecule has 2 aromatic carbocycles. The van der Waals surface area contributed by atoms with E-state index in [-0.39, 0.29) is 36.8 Å². The first-order chi connectivity index (χ1) is 16.4. The van der Waals surface area contributed by atoms with Gasteiger partial charge in [0, 0.05) is 30.3 Å². The Morgan fingerprint density at radius 3 is 2.59 bits per heavy atom. The van der Waals surface area contributed by atoms with Crippen molar-refractivity contribution in [3.63, 3.8) is 0 Å². The van der Waals surface area contributed by atoms with E-state index in [0.717, 1.165) is 29.2 Å². The predicted octanol–water partition coefficient (Wildman–Crippen LogP) is 3.38. The molecule has 2 aliphatic rings. The molecule has 1 aromatic heterocycles. The number of nitrogens with one attached hydrogen (secondary N) is 2. The molecule has 0 saturated heterocycles. The fourth-order valence-electron chi connectivity index (χ4n) is 5.34. The number of fused-ring (bicyclic) bond motifs is 3. The third-order valence-electron chi connectivity index (χ3n) is 7.17. The maximum atomic E-state index is 12.7. The van der Waals surface area contributed by atoms with Crippen molar-refractivity contribution in [1.29, 1.82) is 5.41 Å². The molecule has 3 aromatic rings. The molecule has 3 atom stereocenters. The van der Waals surface area contributed by atoms with Crippen LogP contribution >= 0.6 is 0 Å². The number of imidazole rings is 1. The van der Waals surface area contributed by atoms with Crippen molar-refractivity contribution in [3.05, 3.63) is 53.6 Å². The number of carbonyl (C=O) groups excluding carboxylic acids is 2. The molecular weight excluding hydrogens is 430 g/mol. The number of carbonyl (C=O) groups is 2. The monoisotopic (exact) mass is 459 g/mol. The Morgan fingerprint density at radius 2 is 1.91 bits per heavy atom. The van der Waals surface area contributed by atoms with Crippen LogP contribution in [0.5, 0.6) is 0 Å². The van der Waals surface area contributed by atoms with Gasteiger partial charge in [-0.1, -0.05) is 24.3 Å². The lowest BCUT2D eigenvalue weighted by Gasteiger charge is -2.21. The van der Waals surface area contributed by atoms with Crippen molar-refractivity contribution < 1.29 is 14.3 Å². The highest BCUT2D eigenvalue weighted by atomic mass is 16.5. The van der Waals surface area contributed by atoms with Gasteiger partial charge in [-0.15, -0.1) is 0 Å². The molecule has 0 spiro atoms. The topological polar surface area (TPSA) is 123 Å². The molecule has 5 rings (SSSR count). The van der Waals surface area contributed by atoms with Gasteiger partial charge in [0.05, 0.1) is 17.5 Å². The third kappa shape index (κ3) is 4.27. The number of benzene rings is 2. The van der Waals surface area contributed by atoms with Gasteiger partial charge in [-0.3, -0.25) is 15.0 Å². The molecule has 1 heterocycles. The molecule has 8 heteroatoms. The second-order valence-electron chi connectivity index (χ2n) is 9.40. The number of hydrogen-bond donors (Lipinski definition) is 3. The number of nitrogen functional groups attached to an aromatic ring is 1. The van der Waals surface area contributed by atoms with Crippen LogP contribution in [0.1, 0.15) is 48.0 Å². The average molecular weight is 460 g/mol. The van der Waals surface area contributed by atoms with Crippen LogP contribution in [-0.4, -0.2) is 39.9 Å². The summed E-state index contributed by atoms with van der Waals surface area (Å²) < 4.78 is 7.61. The van der Waals surface area contributed by atoms with Crippen molar-refractivity contribution in [3.8, 4) is 11.4 Å². The Hall–Kier alpha value is -3.68. The number of aromatic nitrogens is 2. The lowest BCUT2D eigenvalue weighted by atomic mass is 9.98. The minimum Gasteiger partial charge on any atom is -0.462 e. The van der Waals surface area contributed by atoms with Crippen LogP contribution in [0.25, 0.3) is 22.4 Å². The summed E-state index contributed by atoms with van der Waals surface area (Å²) in [4.78, 5) is 29.6. The van der Waals surface area contributed by atoms with E-state index in [4.69, 9.17) is 20.9 Å². The van der Waals surface area contributed by atoms with Gasteiger partial charge in [-0.25, -0.2) is 4.98 Å². The van der Waals surface area contributed by atoms with Gasteiger partial charge >= 0.3 is 5.97 Å². The number of nitrogens with two attached hydrogens (primary N) is 1. The summed E-state index contributed by atoms with van der Waals surface area (Å²) >= 11 is 0. The Bertz CT molecular complexity index is 1260. The van der Waals surface area contributed by atoms with Gasteiger partial charge in [-0.2, -0.15) is 0 Å². The van der Waals surface area contributed by atoms with E-state index >= 15 is 0 Å². The number of amides is 1. The van der Waals surface area contributed by atoms with Gasteiger partial charge in [0.15, 0.2) is 0 Å². The van der Waals surface area contributed by atoms with Gasteiger partial charge in [0.1, 0.15) is 17.8 Å². The zero-order valence-corrected chi connectivity index (χ0v) is 19.2. The van der Waals surface area contributed by atoms with E-state index in [1.54, 1.807) is 24.3 Å². The molecule has 2 saturated carbocycles. The van der Waals surface area contributed by atoms with Gasteiger partial charge in [-0.05, 0) is 55.7 Å². The fraction of sp³-hybridized carbons (Fsp3) is 0.385. The third-order valence-corrected chi connectivity index (χ3v) is 7.17. The number of esters is 1. The zero-order chi connectivity index (χ0) is 23.8. The maximum Gasteiger partial charge on any atom is 0.307 e. The van der Waals surface area contributed by atoms with E-state index in [2.05, 4.69) is 5.32 Å². The van der Waals surface area contributed by atoms with Crippen LogP contribution in [0.2, 0.25) is 0 Å². The summed E-state index contributed by atoms with van der Waals surface area (Å²) in [7, 11) is 1.92.